The zero-order chi connectivity index (χ0) is 18.4. The molecule has 0 saturated carbocycles. The number of alkyl halides is 3. The van der Waals surface area contributed by atoms with Crippen molar-refractivity contribution in [1.82, 2.24) is 4.90 Å². The van der Waals surface area contributed by atoms with E-state index >= 15 is 0 Å². The van der Waals surface area contributed by atoms with Crippen molar-refractivity contribution in [2.45, 2.75) is 19.4 Å². The molecule has 7 heteroatoms. The molecule has 0 spiro atoms. The lowest BCUT2D eigenvalue weighted by Crippen LogP contribution is -2.27. The molecular formula is C18H19F3N2O2. The van der Waals surface area contributed by atoms with E-state index in [-0.39, 0.29) is 12.6 Å². The fourth-order valence-corrected chi connectivity index (χ4v) is 2.00. The highest BCUT2D eigenvalue weighted by Gasteiger charge is 2.29. The van der Waals surface area contributed by atoms with Gasteiger partial charge in [-0.25, -0.2) is 4.79 Å². The Morgan fingerprint density at radius 2 is 1.44 bits per heavy atom. The van der Waals surface area contributed by atoms with Crippen LogP contribution in [0.2, 0.25) is 0 Å². The lowest BCUT2D eigenvalue weighted by Gasteiger charge is -2.12. The number of carbonyl (C=O) groups excluding carboxylic acids is 1. The van der Waals surface area contributed by atoms with E-state index in [2.05, 4.69) is 5.32 Å². The van der Waals surface area contributed by atoms with Crippen molar-refractivity contribution in [3.63, 3.8) is 0 Å². The van der Waals surface area contributed by atoms with Gasteiger partial charge in [0, 0.05) is 19.8 Å². The molecule has 0 aliphatic rings. The van der Waals surface area contributed by atoms with E-state index in [4.69, 9.17) is 4.74 Å². The number of hydrogen-bond donors (Lipinski definition) is 1. The van der Waals surface area contributed by atoms with Gasteiger partial charge < -0.3 is 15.0 Å². The number of halogens is 3. The third-order valence-electron chi connectivity index (χ3n) is 3.43. The zero-order valence-corrected chi connectivity index (χ0v) is 13.9. The van der Waals surface area contributed by atoms with Crippen LogP contribution in [0.4, 0.5) is 23.7 Å². The van der Waals surface area contributed by atoms with Gasteiger partial charge in [-0.1, -0.05) is 24.3 Å². The second kappa shape index (κ2) is 8.02. The third kappa shape index (κ3) is 5.79. The van der Waals surface area contributed by atoms with E-state index in [1.54, 1.807) is 26.2 Å². The lowest BCUT2D eigenvalue weighted by molar-refractivity contribution is -0.137. The zero-order valence-electron chi connectivity index (χ0n) is 13.9. The number of benzene rings is 2. The molecule has 2 aromatic rings. The largest absolute Gasteiger partial charge is 0.416 e. The Hall–Kier alpha value is -2.54. The van der Waals surface area contributed by atoms with E-state index in [0.29, 0.717) is 17.9 Å². The van der Waals surface area contributed by atoms with E-state index in [0.717, 1.165) is 17.7 Å². The number of carbonyl (C=O) groups is 1. The number of nitrogens with one attached hydrogen (secondary N) is 1. The second-order valence-corrected chi connectivity index (χ2v) is 5.71. The molecule has 25 heavy (non-hydrogen) atoms. The summed E-state index contributed by atoms with van der Waals surface area (Å²) in [6, 6.07) is 11.8. The first-order valence-corrected chi connectivity index (χ1v) is 7.57. The normalized spacial score (nSPS) is 11.2. The lowest BCUT2D eigenvalue weighted by atomic mass is 10.1. The Morgan fingerprint density at radius 3 is 1.88 bits per heavy atom. The van der Waals surface area contributed by atoms with Crippen molar-refractivity contribution in [1.29, 1.82) is 0 Å². The number of nitrogens with zero attached hydrogens (tertiary/aromatic N) is 1. The minimum Gasteiger partial charge on any atom is -0.372 e. The highest BCUT2D eigenvalue weighted by atomic mass is 19.4. The second-order valence-electron chi connectivity index (χ2n) is 5.71. The van der Waals surface area contributed by atoms with Gasteiger partial charge in [0.15, 0.2) is 0 Å². The van der Waals surface area contributed by atoms with E-state index in [1.807, 2.05) is 12.1 Å². The van der Waals surface area contributed by atoms with Crippen LogP contribution in [0.25, 0.3) is 0 Å². The molecule has 0 atom stereocenters. The summed E-state index contributed by atoms with van der Waals surface area (Å²) in [6.07, 6.45) is -4.33. The predicted octanol–water partition coefficient (Wildman–Crippen LogP) is 4.52. The molecule has 0 radical (unpaired) electrons. The van der Waals surface area contributed by atoms with Gasteiger partial charge in [-0.3, -0.25) is 0 Å². The smallest absolute Gasteiger partial charge is 0.372 e. The Labute approximate surface area is 144 Å². The number of amides is 2. The molecule has 0 fully saturated rings. The van der Waals surface area contributed by atoms with Crippen molar-refractivity contribution >= 4 is 11.7 Å². The molecule has 0 saturated heterocycles. The number of hydrogen-bond acceptors (Lipinski definition) is 2. The van der Waals surface area contributed by atoms with E-state index in [1.165, 1.54) is 17.0 Å². The maximum atomic E-state index is 12.5. The summed E-state index contributed by atoms with van der Waals surface area (Å²) in [5.41, 5.74) is 1.56. The molecule has 0 aliphatic carbocycles. The minimum atomic E-state index is -4.33. The standard InChI is InChI=1S/C18H19F3N2O2/c1-23(2)17(24)22-16-9-5-14(6-10-16)12-25-11-13-3-7-15(8-4-13)18(19,20)21/h3-10H,11-12H2,1-2H3,(H,22,24). The third-order valence-corrected chi connectivity index (χ3v) is 3.43. The molecule has 0 bridgehead atoms. The van der Waals surface area contributed by atoms with Gasteiger partial charge in [0.25, 0.3) is 0 Å². The first kappa shape index (κ1) is 18.8. The fraction of sp³-hybridized carbons (Fsp3) is 0.278. The van der Waals surface area contributed by atoms with Crippen molar-refractivity contribution in [3.05, 3.63) is 65.2 Å². The van der Waals surface area contributed by atoms with E-state index < -0.39 is 11.7 Å². The van der Waals surface area contributed by atoms with Crippen LogP contribution in [0, 0.1) is 0 Å². The monoisotopic (exact) mass is 352 g/mol. The summed E-state index contributed by atoms with van der Waals surface area (Å²) in [7, 11) is 3.30. The summed E-state index contributed by atoms with van der Waals surface area (Å²) < 4.78 is 43.0. The molecule has 0 aliphatic heterocycles. The Balaban J connectivity index is 1.82. The summed E-state index contributed by atoms with van der Waals surface area (Å²) >= 11 is 0. The Kier molecular flexibility index (Phi) is 6.03. The molecule has 4 nitrogen and oxygen atoms in total. The fourth-order valence-electron chi connectivity index (χ4n) is 2.00. The van der Waals surface area contributed by atoms with Gasteiger partial charge in [0.05, 0.1) is 18.8 Å². The van der Waals surface area contributed by atoms with Crippen LogP contribution in [0.1, 0.15) is 16.7 Å². The number of ether oxygens (including phenoxy) is 1. The van der Waals surface area contributed by atoms with Crippen LogP contribution in [0.3, 0.4) is 0 Å². The van der Waals surface area contributed by atoms with Crippen LogP contribution in [-0.4, -0.2) is 25.0 Å². The SMILES string of the molecule is CN(C)C(=O)Nc1ccc(COCc2ccc(C(F)(F)F)cc2)cc1. The van der Waals surface area contributed by atoms with Gasteiger partial charge >= 0.3 is 12.2 Å². The van der Waals surface area contributed by atoms with Gasteiger partial charge in [-0.05, 0) is 35.4 Å². The Morgan fingerprint density at radius 1 is 0.960 bits per heavy atom. The van der Waals surface area contributed by atoms with Crippen molar-refractivity contribution in [2.75, 3.05) is 19.4 Å². The number of anilines is 1. The Bertz CT molecular complexity index is 696. The highest BCUT2D eigenvalue weighted by molar-refractivity contribution is 5.88. The van der Waals surface area contributed by atoms with E-state index in [9.17, 15) is 18.0 Å². The summed E-state index contributed by atoms with van der Waals surface area (Å²) in [5, 5.41) is 2.72. The highest BCUT2D eigenvalue weighted by Crippen LogP contribution is 2.29. The first-order valence-electron chi connectivity index (χ1n) is 7.57. The molecule has 2 rings (SSSR count). The molecule has 0 unspecified atom stereocenters. The maximum Gasteiger partial charge on any atom is 0.416 e. The van der Waals surface area contributed by atoms with Crippen LogP contribution in [0.5, 0.6) is 0 Å². The van der Waals surface area contributed by atoms with Gasteiger partial charge in [0.2, 0.25) is 0 Å². The predicted molar refractivity (Wildman–Crippen MR) is 89.1 cm³/mol. The molecule has 0 aromatic heterocycles. The summed E-state index contributed by atoms with van der Waals surface area (Å²) in [6.45, 7) is 0.542. The van der Waals surface area contributed by atoms with Crippen LogP contribution < -0.4 is 5.32 Å². The van der Waals surface area contributed by atoms with Gasteiger partial charge in [-0.2, -0.15) is 13.2 Å². The van der Waals surface area contributed by atoms with Crippen LogP contribution >= 0.6 is 0 Å². The first-order chi connectivity index (χ1) is 11.8. The summed E-state index contributed by atoms with van der Waals surface area (Å²) in [4.78, 5) is 13.0. The average Bonchev–Trinajstić information content (AvgIpc) is 2.56. The molecule has 134 valence electrons. The molecular weight excluding hydrogens is 333 g/mol. The number of rotatable bonds is 5. The number of urea groups is 1. The molecule has 0 heterocycles. The average molecular weight is 352 g/mol. The van der Waals surface area contributed by atoms with Crippen LogP contribution in [-0.2, 0) is 24.1 Å². The van der Waals surface area contributed by atoms with Crippen molar-refractivity contribution in [3.8, 4) is 0 Å². The molecule has 2 aromatic carbocycles. The van der Waals surface area contributed by atoms with Crippen molar-refractivity contribution < 1.29 is 22.7 Å². The maximum absolute atomic E-state index is 12.5. The van der Waals surface area contributed by atoms with Gasteiger partial charge in [-0.15, -0.1) is 0 Å². The van der Waals surface area contributed by atoms with Crippen LogP contribution in [0.15, 0.2) is 48.5 Å². The van der Waals surface area contributed by atoms with Gasteiger partial charge in [0.1, 0.15) is 0 Å². The summed E-state index contributed by atoms with van der Waals surface area (Å²) in [5.74, 6) is 0. The topological polar surface area (TPSA) is 41.6 Å². The minimum absolute atomic E-state index is 0.216. The quantitative estimate of drug-likeness (QED) is 0.860. The molecule has 1 N–H and O–H groups in total. The molecule has 2 amide bonds. The van der Waals surface area contributed by atoms with Crippen molar-refractivity contribution in [2.24, 2.45) is 0 Å².